The molecule has 1 spiro atoms. The Labute approximate surface area is 465 Å². The zero-order valence-electron chi connectivity index (χ0n) is 45.4. The van der Waals surface area contributed by atoms with Gasteiger partial charge in [-0.2, -0.15) is 0 Å². The highest BCUT2D eigenvalue weighted by atomic mass is 32.1. The van der Waals surface area contributed by atoms with Crippen LogP contribution in [0.1, 0.15) is 74.9 Å². The van der Waals surface area contributed by atoms with Crippen molar-refractivity contribution in [3.05, 3.63) is 246 Å². The van der Waals surface area contributed by atoms with Crippen LogP contribution in [-0.2, 0) is 16.2 Å². The fourth-order valence-corrected chi connectivity index (χ4v) is 16.3. The first kappa shape index (κ1) is 44.8. The van der Waals surface area contributed by atoms with Gasteiger partial charge >= 0.3 is 0 Å². The number of para-hydroxylation sites is 6. The van der Waals surface area contributed by atoms with Gasteiger partial charge in [0, 0.05) is 74.4 Å². The van der Waals surface area contributed by atoms with Gasteiger partial charge in [0.2, 0.25) is 0 Å². The average molecular weight is 1040 g/mol. The number of benzene rings is 11. The van der Waals surface area contributed by atoms with Gasteiger partial charge in [-0.15, -0.1) is 11.3 Å². The lowest BCUT2D eigenvalue weighted by molar-refractivity contribution is 0.591. The molecule has 5 heteroatoms. The number of furan rings is 1. The molecule has 0 bridgehead atoms. The Bertz CT molecular complexity index is 5460. The summed E-state index contributed by atoms with van der Waals surface area (Å²) >= 11 is 1.94. The van der Waals surface area contributed by atoms with Crippen molar-refractivity contribution in [2.24, 2.45) is 0 Å². The van der Waals surface area contributed by atoms with E-state index in [2.05, 4.69) is 268 Å². The highest BCUT2D eigenvalue weighted by Gasteiger charge is 2.53. The molecule has 18 rings (SSSR count). The van der Waals surface area contributed by atoms with Crippen LogP contribution in [0.3, 0.4) is 0 Å². The Kier molecular flexibility index (Phi) is 8.48. The number of hydrogen-bond acceptors (Lipinski definition) is 2. The van der Waals surface area contributed by atoms with Gasteiger partial charge in [-0.05, 0) is 117 Å². The Balaban J connectivity index is 1.10. The molecule has 1 aliphatic heterocycles. The molecule has 1 atom stereocenters. The normalized spacial score (nSPS) is 15.2. The molecule has 4 nitrogen and oxygen atoms in total. The first-order chi connectivity index (χ1) is 39.0. The zero-order chi connectivity index (χ0) is 53.3. The Hall–Kier alpha value is -9.16. The van der Waals surface area contributed by atoms with Crippen molar-refractivity contribution >= 4 is 119 Å². The van der Waals surface area contributed by atoms with Crippen LogP contribution in [0, 0.1) is 0 Å². The summed E-state index contributed by atoms with van der Waals surface area (Å²) in [4.78, 5) is 0. The van der Waals surface area contributed by atoms with Gasteiger partial charge in [-0.3, -0.25) is 0 Å². The smallest absolute Gasteiger partial charge is 0.160 e. The summed E-state index contributed by atoms with van der Waals surface area (Å²) in [5, 5.41) is 12.3. The van der Waals surface area contributed by atoms with Crippen LogP contribution >= 0.6 is 11.3 Å². The van der Waals surface area contributed by atoms with E-state index in [1.54, 1.807) is 0 Å². The molecule has 5 aromatic heterocycles. The third-order valence-electron chi connectivity index (χ3n) is 18.5. The molecule has 1 unspecified atom stereocenters. The molecule has 0 amide bonds. The standard InChI is InChI=1S/C75H53N3OS/c1-73(2,3)42-34-36-59-50(38-42)45-21-8-13-28-56(45)76(59)62-40-55-69(72-66(62)49-24-11-18-33-65(49)80-72)68-54(75(55)52-26-12-16-31-61(52)78-58-30-15-7-20-44(58)47-25-19-27-53(75)70(47)78)41-63(71-67(68)48-23-10-17-32-64(48)79-71)77-57-29-14-9-22-46(57)51-39-43(74(4,5)6)35-37-60(51)77/h7-41H,1-6H3. The summed E-state index contributed by atoms with van der Waals surface area (Å²) in [5.41, 5.74) is 21.8. The first-order valence-corrected chi connectivity index (χ1v) is 29.0. The Morgan fingerprint density at radius 3 is 1.54 bits per heavy atom. The molecule has 0 fully saturated rings. The molecule has 2 aliphatic rings. The molecular weight excluding hydrogens is 991 g/mol. The quantitative estimate of drug-likeness (QED) is 0.170. The summed E-state index contributed by atoms with van der Waals surface area (Å²) in [6, 6.07) is 81.0. The van der Waals surface area contributed by atoms with Crippen molar-refractivity contribution < 1.29 is 4.42 Å². The molecule has 0 saturated carbocycles. The summed E-state index contributed by atoms with van der Waals surface area (Å²) in [7, 11) is 0. The van der Waals surface area contributed by atoms with Crippen LogP contribution in [0.25, 0.3) is 136 Å². The third kappa shape index (κ3) is 5.46. The van der Waals surface area contributed by atoms with E-state index in [-0.39, 0.29) is 10.8 Å². The maximum absolute atomic E-state index is 7.48. The molecule has 0 radical (unpaired) electrons. The predicted molar refractivity (Wildman–Crippen MR) is 338 cm³/mol. The highest BCUT2D eigenvalue weighted by Crippen LogP contribution is 2.66. The summed E-state index contributed by atoms with van der Waals surface area (Å²) < 4.78 is 17.7. The minimum Gasteiger partial charge on any atom is -0.454 e. The van der Waals surface area contributed by atoms with E-state index in [1.165, 1.54) is 130 Å². The Morgan fingerprint density at radius 2 is 0.863 bits per heavy atom. The fourth-order valence-electron chi connectivity index (χ4n) is 15.0. The van der Waals surface area contributed by atoms with E-state index in [9.17, 15) is 0 Å². The minimum absolute atomic E-state index is 0.0200. The van der Waals surface area contributed by atoms with Crippen LogP contribution in [0.4, 0.5) is 0 Å². The summed E-state index contributed by atoms with van der Waals surface area (Å²) in [6.45, 7) is 13.9. The van der Waals surface area contributed by atoms with Crippen LogP contribution in [0.2, 0.25) is 0 Å². The molecule has 80 heavy (non-hydrogen) atoms. The number of fused-ring (bicyclic) bond motifs is 26. The van der Waals surface area contributed by atoms with Crippen LogP contribution in [0.5, 0.6) is 0 Å². The predicted octanol–water partition coefficient (Wildman–Crippen LogP) is 20.5. The third-order valence-corrected chi connectivity index (χ3v) is 19.7. The van der Waals surface area contributed by atoms with Crippen molar-refractivity contribution in [2.45, 2.75) is 57.8 Å². The van der Waals surface area contributed by atoms with Gasteiger partial charge in [0.1, 0.15) is 5.58 Å². The molecule has 0 saturated heterocycles. The molecule has 1 aliphatic carbocycles. The lowest BCUT2D eigenvalue weighted by Crippen LogP contribution is -2.33. The van der Waals surface area contributed by atoms with Crippen molar-refractivity contribution in [3.8, 4) is 28.2 Å². The first-order valence-electron chi connectivity index (χ1n) is 28.2. The van der Waals surface area contributed by atoms with Crippen molar-refractivity contribution in [1.82, 2.24) is 13.7 Å². The van der Waals surface area contributed by atoms with E-state index < -0.39 is 5.41 Å². The van der Waals surface area contributed by atoms with Crippen LogP contribution in [0.15, 0.2) is 217 Å². The maximum atomic E-state index is 7.48. The van der Waals surface area contributed by atoms with Gasteiger partial charge in [0.25, 0.3) is 0 Å². The second-order valence-electron chi connectivity index (χ2n) is 24.7. The molecule has 16 aromatic rings. The van der Waals surface area contributed by atoms with Crippen LogP contribution in [-0.4, -0.2) is 13.7 Å². The minimum atomic E-state index is -0.818. The molecule has 380 valence electrons. The molecule has 0 N–H and O–H groups in total. The second kappa shape index (κ2) is 15.1. The van der Waals surface area contributed by atoms with Gasteiger partial charge < -0.3 is 18.1 Å². The van der Waals surface area contributed by atoms with Crippen molar-refractivity contribution in [3.63, 3.8) is 0 Å². The zero-order valence-corrected chi connectivity index (χ0v) is 46.2. The molecule has 6 heterocycles. The number of hydrogen-bond donors (Lipinski definition) is 0. The lowest BCUT2D eigenvalue weighted by atomic mass is 9.65. The van der Waals surface area contributed by atoms with Gasteiger partial charge in [-0.1, -0.05) is 181 Å². The molecular formula is C75H53N3OS. The van der Waals surface area contributed by atoms with E-state index in [1.807, 2.05) is 11.3 Å². The van der Waals surface area contributed by atoms with E-state index in [0.29, 0.717) is 0 Å². The van der Waals surface area contributed by atoms with Crippen LogP contribution < -0.4 is 0 Å². The summed E-state index contributed by atoms with van der Waals surface area (Å²) in [5.74, 6) is 0. The number of nitrogens with zero attached hydrogens (tertiary/aromatic N) is 3. The SMILES string of the molecule is CC(C)(C)c1ccc2c(c1)c1ccccc1n2-c1cc2c(c3c1oc1ccccc13)-c1c(cc(-n3c4ccccc4c4cc(C(C)(C)C)ccc43)c3c1sc1ccccc13)C21c2ccccc2-n2c3ccccc3c3cccc1c32. The van der Waals surface area contributed by atoms with E-state index in [4.69, 9.17) is 4.42 Å². The van der Waals surface area contributed by atoms with E-state index >= 15 is 0 Å². The maximum Gasteiger partial charge on any atom is 0.160 e. The topological polar surface area (TPSA) is 27.9 Å². The van der Waals surface area contributed by atoms with Crippen molar-refractivity contribution in [2.75, 3.05) is 0 Å². The second-order valence-corrected chi connectivity index (χ2v) is 25.8. The molecule has 11 aromatic carbocycles. The lowest BCUT2D eigenvalue weighted by Gasteiger charge is -2.40. The highest BCUT2D eigenvalue weighted by molar-refractivity contribution is 7.26. The van der Waals surface area contributed by atoms with E-state index in [0.717, 1.165) is 38.7 Å². The number of rotatable bonds is 2. The van der Waals surface area contributed by atoms with Gasteiger partial charge in [0.15, 0.2) is 5.58 Å². The monoisotopic (exact) mass is 1040 g/mol. The van der Waals surface area contributed by atoms with Gasteiger partial charge in [0.05, 0.1) is 55.6 Å². The number of thiophene rings is 1. The average Bonchev–Trinajstić information content (AvgIpc) is 4.47. The Morgan fingerprint density at radius 1 is 0.362 bits per heavy atom. The fraction of sp³-hybridized carbons (Fsp3) is 0.120. The summed E-state index contributed by atoms with van der Waals surface area (Å²) in [6.07, 6.45) is 0. The largest absolute Gasteiger partial charge is 0.454 e. The van der Waals surface area contributed by atoms with Crippen molar-refractivity contribution in [1.29, 1.82) is 0 Å². The number of aromatic nitrogens is 3. The van der Waals surface area contributed by atoms with Gasteiger partial charge in [-0.25, -0.2) is 0 Å².